The number of hydrogen-bond donors (Lipinski definition) is 2. The van der Waals surface area contributed by atoms with Gasteiger partial charge in [-0.15, -0.1) is 0 Å². The normalized spacial score (nSPS) is 10.2. The molecule has 8 heteroatoms. The van der Waals surface area contributed by atoms with Crippen molar-refractivity contribution in [3.05, 3.63) is 54.5 Å². The zero-order chi connectivity index (χ0) is 18.5. The second kappa shape index (κ2) is 7.47. The van der Waals surface area contributed by atoms with Crippen molar-refractivity contribution in [2.75, 3.05) is 17.7 Å². The lowest BCUT2D eigenvalue weighted by atomic mass is 10.2. The molecule has 0 saturated heterocycles. The highest BCUT2D eigenvalue weighted by molar-refractivity contribution is 6.04. The average Bonchev–Trinajstić information content (AvgIpc) is 3.12. The van der Waals surface area contributed by atoms with E-state index >= 15 is 0 Å². The van der Waals surface area contributed by atoms with Crippen LogP contribution in [-0.2, 0) is 4.79 Å². The van der Waals surface area contributed by atoms with Gasteiger partial charge in [0.1, 0.15) is 5.75 Å². The Hall–Kier alpha value is -3.68. The average molecular weight is 352 g/mol. The second-order valence-corrected chi connectivity index (χ2v) is 5.37. The number of carbonyl (C=O) groups is 2. The highest BCUT2D eigenvalue weighted by Crippen LogP contribution is 2.28. The summed E-state index contributed by atoms with van der Waals surface area (Å²) in [5, 5.41) is 9.14. The number of ether oxygens (including phenoxy) is 1. The number of methoxy groups -OCH3 is 1. The maximum absolute atomic E-state index is 12.5. The van der Waals surface area contributed by atoms with Crippen molar-refractivity contribution in [3.63, 3.8) is 0 Å². The monoisotopic (exact) mass is 352 g/mol. The molecule has 3 aromatic rings. The first-order chi connectivity index (χ1) is 12.6. The molecule has 2 amide bonds. The Kier molecular flexibility index (Phi) is 4.93. The van der Waals surface area contributed by atoms with E-state index in [0.29, 0.717) is 28.4 Å². The van der Waals surface area contributed by atoms with Crippen LogP contribution < -0.4 is 15.4 Å². The lowest BCUT2D eigenvalue weighted by molar-refractivity contribution is -0.114. The van der Waals surface area contributed by atoms with Gasteiger partial charge >= 0.3 is 0 Å². The summed E-state index contributed by atoms with van der Waals surface area (Å²) in [5.74, 6) is 0.192. The molecule has 2 aromatic heterocycles. The third-order valence-electron chi connectivity index (χ3n) is 3.46. The topological polar surface area (TPSA) is 106 Å². The molecule has 26 heavy (non-hydrogen) atoms. The largest absolute Gasteiger partial charge is 0.495 e. The van der Waals surface area contributed by atoms with Gasteiger partial charge in [-0.1, -0.05) is 5.16 Å². The van der Waals surface area contributed by atoms with Crippen molar-refractivity contribution in [3.8, 4) is 17.1 Å². The van der Waals surface area contributed by atoms with Crippen molar-refractivity contribution in [1.82, 2.24) is 10.1 Å². The second-order valence-electron chi connectivity index (χ2n) is 5.37. The van der Waals surface area contributed by atoms with Crippen LogP contribution in [0.2, 0.25) is 0 Å². The number of pyridine rings is 1. The molecule has 0 radical (unpaired) electrons. The molecule has 0 unspecified atom stereocenters. The molecular weight excluding hydrogens is 336 g/mol. The minimum absolute atomic E-state index is 0.107. The third kappa shape index (κ3) is 3.86. The van der Waals surface area contributed by atoms with Gasteiger partial charge in [0.05, 0.1) is 12.8 Å². The Morgan fingerprint density at radius 1 is 1.15 bits per heavy atom. The summed E-state index contributed by atoms with van der Waals surface area (Å²) in [4.78, 5) is 27.7. The minimum Gasteiger partial charge on any atom is -0.495 e. The molecule has 0 atom stereocenters. The van der Waals surface area contributed by atoms with Crippen LogP contribution >= 0.6 is 0 Å². The van der Waals surface area contributed by atoms with Crippen LogP contribution in [0.25, 0.3) is 11.3 Å². The van der Waals surface area contributed by atoms with Crippen LogP contribution in [0.5, 0.6) is 5.75 Å². The molecule has 0 spiro atoms. The van der Waals surface area contributed by atoms with Gasteiger partial charge in [0.25, 0.3) is 5.91 Å². The molecule has 0 fully saturated rings. The molecule has 2 heterocycles. The van der Waals surface area contributed by atoms with Gasteiger partial charge in [0, 0.05) is 36.6 Å². The molecule has 2 N–H and O–H groups in total. The first-order valence-corrected chi connectivity index (χ1v) is 7.71. The number of benzene rings is 1. The Morgan fingerprint density at radius 3 is 2.69 bits per heavy atom. The van der Waals surface area contributed by atoms with E-state index < -0.39 is 5.91 Å². The van der Waals surface area contributed by atoms with E-state index in [1.165, 1.54) is 20.1 Å². The minimum atomic E-state index is -0.470. The lowest BCUT2D eigenvalue weighted by Crippen LogP contribution is -2.13. The van der Waals surface area contributed by atoms with Gasteiger partial charge in [-0.2, -0.15) is 0 Å². The molecule has 0 aliphatic carbocycles. The number of amides is 2. The summed E-state index contributed by atoms with van der Waals surface area (Å²) in [6.07, 6.45) is 3.25. The van der Waals surface area contributed by atoms with E-state index in [-0.39, 0.29) is 11.6 Å². The summed E-state index contributed by atoms with van der Waals surface area (Å²) < 4.78 is 10.4. The van der Waals surface area contributed by atoms with E-state index in [1.807, 2.05) is 0 Å². The van der Waals surface area contributed by atoms with E-state index in [4.69, 9.17) is 9.26 Å². The number of hydrogen-bond acceptors (Lipinski definition) is 6. The standard InChI is InChI=1S/C18H16N4O4/c1-11(23)20-13-5-6-16(25-2)14(8-13)21-18(24)15-9-17(26-22-15)12-4-3-7-19-10-12/h3-10H,1-2H3,(H,20,23)(H,21,24). The first kappa shape index (κ1) is 17.2. The predicted octanol–water partition coefficient (Wildman–Crippen LogP) is 2.96. The van der Waals surface area contributed by atoms with Crippen molar-refractivity contribution >= 4 is 23.2 Å². The smallest absolute Gasteiger partial charge is 0.277 e. The molecule has 8 nitrogen and oxygen atoms in total. The van der Waals surface area contributed by atoms with E-state index in [1.54, 1.807) is 42.7 Å². The maximum Gasteiger partial charge on any atom is 0.277 e. The van der Waals surface area contributed by atoms with Gasteiger partial charge in [-0.25, -0.2) is 0 Å². The van der Waals surface area contributed by atoms with Gasteiger partial charge in [-0.05, 0) is 30.3 Å². The Labute approximate surface area is 149 Å². The highest BCUT2D eigenvalue weighted by Gasteiger charge is 2.16. The van der Waals surface area contributed by atoms with Gasteiger partial charge < -0.3 is 19.9 Å². The van der Waals surface area contributed by atoms with E-state index in [2.05, 4.69) is 20.8 Å². The van der Waals surface area contributed by atoms with Crippen molar-refractivity contribution in [1.29, 1.82) is 0 Å². The first-order valence-electron chi connectivity index (χ1n) is 7.71. The zero-order valence-corrected chi connectivity index (χ0v) is 14.1. The van der Waals surface area contributed by atoms with Crippen molar-refractivity contribution < 1.29 is 18.8 Å². The summed E-state index contributed by atoms with van der Waals surface area (Å²) in [5.41, 5.74) is 1.75. The fourth-order valence-electron chi connectivity index (χ4n) is 2.30. The van der Waals surface area contributed by atoms with Crippen LogP contribution in [0.3, 0.4) is 0 Å². The Bertz CT molecular complexity index is 937. The molecule has 0 saturated carbocycles. The van der Waals surface area contributed by atoms with Crippen LogP contribution in [-0.4, -0.2) is 29.1 Å². The number of anilines is 2. The van der Waals surface area contributed by atoms with Crippen LogP contribution in [0.15, 0.2) is 53.3 Å². The van der Waals surface area contributed by atoms with E-state index in [9.17, 15) is 9.59 Å². The number of carbonyl (C=O) groups excluding carboxylic acids is 2. The van der Waals surface area contributed by atoms with Crippen molar-refractivity contribution in [2.24, 2.45) is 0 Å². The van der Waals surface area contributed by atoms with Gasteiger partial charge in [-0.3, -0.25) is 14.6 Å². The van der Waals surface area contributed by atoms with Crippen molar-refractivity contribution in [2.45, 2.75) is 6.92 Å². The number of rotatable bonds is 5. The van der Waals surface area contributed by atoms with Crippen LogP contribution in [0.1, 0.15) is 17.4 Å². The molecule has 1 aromatic carbocycles. The molecule has 0 aliphatic rings. The van der Waals surface area contributed by atoms with Gasteiger partial charge in [0.2, 0.25) is 5.91 Å². The molecule has 3 rings (SSSR count). The molecule has 0 aliphatic heterocycles. The number of nitrogens with zero attached hydrogens (tertiary/aromatic N) is 2. The molecular formula is C18H16N4O4. The highest BCUT2D eigenvalue weighted by atomic mass is 16.5. The molecule has 132 valence electrons. The maximum atomic E-state index is 12.5. The summed E-state index contributed by atoms with van der Waals surface area (Å²) in [7, 11) is 1.49. The van der Waals surface area contributed by atoms with Crippen LogP contribution in [0.4, 0.5) is 11.4 Å². The predicted molar refractivity (Wildman–Crippen MR) is 95.0 cm³/mol. The Balaban J connectivity index is 1.81. The summed E-state index contributed by atoms with van der Waals surface area (Å²) in [6.45, 7) is 1.40. The third-order valence-corrected chi connectivity index (χ3v) is 3.46. The fraction of sp³-hybridized carbons (Fsp3) is 0.111. The molecule has 0 bridgehead atoms. The number of aromatic nitrogens is 2. The van der Waals surface area contributed by atoms with Gasteiger partial charge in [0.15, 0.2) is 11.5 Å². The zero-order valence-electron chi connectivity index (χ0n) is 14.1. The number of nitrogens with one attached hydrogen (secondary N) is 2. The summed E-state index contributed by atoms with van der Waals surface area (Å²) >= 11 is 0. The van der Waals surface area contributed by atoms with E-state index in [0.717, 1.165) is 0 Å². The fourth-order valence-corrected chi connectivity index (χ4v) is 2.30. The summed E-state index contributed by atoms with van der Waals surface area (Å²) in [6, 6.07) is 10.00. The lowest BCUT2D eigenvalue weighted by Gasteiger charge is -2.11. The Morgan fingerprint density at radius 2 is 2.00 bits per heavy atom. The quantitative estimate of drug-likeness (QED) is 0.731. The SMILES string of the molecule is COc1ccc(NC(C)=O)cc1NC(=O)c1cc(-c2cccnc2)on1. The van der Waals surface area contributed by atoms with Crippen LogP contribution in [0, 0.1) is 0 Å².